The van der Waals surface area contributed by atoms with Gasteiger partial charge in [-0.15, -0.1) is 0 Å². The number of aromatic nitrogens is 2. The zero-order valence-corrected chi connectivity index (χ0v) is 44.4. The van der Waals surface area contributed by atoms with Gasteiger partial charge in [0.25, 0.3) is 21.6 Å². The van der Waals surface area contributed by atoms with Crippen molar-refractivity contribution in [1.29, 1.82) is 0 Å². The summed E-state index contributed by atoms with van der Waals surface area (Å²) in [5.41, 5.74) is 5.37. The maximum Gasteiger partial charge on any atom is 0.293 e. The van der Waals surface area contributed by atoms with Crippen LogP contribution >= 0.6 is 0 Å². The summed E-state index contributed by atoms with van der Waals surface area (Å²) in [6.45, 7) is 12.0. The van der Waals surface area contributed by atoms with Crippen molar-refractivity contribution in [3.8, 4) is 17.2 Å². The number of ether oxygens (including phenoxy) is 2. The summed E-state index contributed by atoms with van der Waals surface area (Å²) in [6, 6.07) is 26.2. The molecule has 11 rings (SSSR count). The summed E-state index contributed by atoms with van der Waals surface area (Å²) >= 11 is 0. The van der Waals surface area contributed by atoms with Gasteiger partial charge in [0.1, 0.15) is 34.4 Å². The minimum atomic E-state index is -4.65. The number of piperazine rings is 1. The number of rotatable bonds is 17. The van der Waals surface area contributed by atoms with Gasteiger partial charge in [-0.3, -0.25) is 24.7 Å². The average molecular weight is 1060 g/mol. The molecule has 2 aliphatic heterocycles. The van der Waals surface area contributed by atoms with Gasteiger partial charge in [-0.2, -0.15) is 0 Å². The lowest BCUT2D eigenvalue weighted by molar-refractivity contribution is -0.384. The number of amides is 1. The molecule has 3 saturated carbocycles. The monoisotopic (exact) mass is 1050 g/mol. The first-order chi connectivity index (χ1) is 36.4. The largest absolute Gasteiger partial charge is 0.496 e. The van der Waals surface area contributed by atoms with Crippen molar-refractivity contribution in [3.05, 3.63) is 141 Å². The number of aromatic amines is 1. The molecule has 2 saturated heterocycles. The van der Waals surface area contributed by atoms with E-state index in [9.17, 15) is 32.8 Å². The van der Waals surface area contributed by atoms with E-state index in [1.165, 1.54) is 71.8 Å². The Morgan fingerprint density at radius 1 is 0.974 bits per heavy atom. The molecule has 18 heteroatoms. The van der Waals surface area contributed by atoms with Gasteiger partial charge in [-0.1, -0.05) is 50.2 Å². The van der Waals surface area contributed by atoms with Crippen LogP contribution in [0.4, 0.5) is 21.5 Å². The number of nitrogens with one attached hydrogen (secondary N) is 3. The minimum Gasteiger partial charge on any atom is -0.496 e. The Morgan fingerprint density at radius 3 is 2.49 bits per heavy atom. The number of sulfonamides is 1. The molecule has 5 aliphatic rings. The normalized spacial score (nSPS) is 22.1. The number of carbonyl (C=O) groups is 1. The van der Waals surface area contributed by atoms with Crippen molar-refractivity contribution in [1.82, 2.24) is 24.5 Å². The molecule has 0 bridgehead atoms. The van der Waals surface area contributed by atoms with Crippen LogP contribution in [0, 0.1) is 27.3 Å². The number of nitrogens with zero attached hydrogens (tertiary/aromatic N) is 5. The molecular weight excluding hydrogens is 988 g/mol. The van der Waals surface area contributed by atoms with Crippen molar-refractivity contribution in [2.24, 2.45) is 11.3 Å². The van der Waals surface area contributed by atoms with E-state index in [1.54, 1.807) is 26.2 Å². The highest BCUT2D eigenvalue weighted by molar-refractivity contribution is 7.90. The number of nitro groups is 1. The lowest BCUT2D eigenvalue weighted by Gasteiger charge is -2.63. The fourth-order valence-electron chi connectivity index (χ4n) is 12.4. The summed E-state index contributed by atoms with van der Waals surface area (Å²) in [6.07, 6.45) is 9.84. The van der Waals surface area contributed by atoms with Gasteiger partial charge in [-0.05, 0) is 135 Å². The molecule has 5 fully saturated rings. The van der Waals surface area contributed by atoms with Crippen LogP contribution in [-0.4, -0.2) is 102 Å². The number of nitro benzene ring substituents is 1. The van der Waals surface area contributed by atoms with Crippen LogP contribution in [0.3, 0.4) is 0 Å². The van der Waals surface area contributed by atoms with E-state index in [1.807, 2.05) is 0 Å². The summed E-state index contributed by atoms with van der Waals surface area (Å²) in [4.78, 5) is 39.8. The number of hydrogen-bond acceptors (Lipinski definition) is 13. The van der Waals surface area contributed by atoms with Crippen LogP contribution in [0.15, 0.2) is 102 Å². The van der Waals surface area contributed by atoms with Gasteiger partial charge in [0.15, 0.2) is 0 Å². The Kier molecular flexibility index (Phi) is 13.8. The zero-order valence-electron chi connectivity index (χ0n) is 43.6. The maximum atomic E-state index is 14.7. The van der Waals surface area contributed by atoms with Crippen molar-refractivity contribution >= 4 is 44.0 Å². The molecule has 4 aromatic carbocycles. The zero-order chi connectivity index (χ0) is 53.1. The molecule has 16 nitrogen and oxygen atoms in total. The van der Waals surface area contributed by atoms with E-state index in [0.29, 0.717) is 42.9 Å². The van der Waals surface area contributed by atoms with E-state index in [-0.39, 0.29) is 45.5 Å². The van der Waals surface area contributed by atoms with E-state index in [0.717, 1.165) is 82.5 Å². The molecule has 4 N–H and O–H groups in total. The summed E-state index contributed by atoms with van der Waals surface area (Å²) < 4.78 is 56.7. The van der Waals surface area contributed by atoms with Gasteiger partial charge in [0.2, 0.25) is 0 Å². The number of anilines is 2. The predicted octanol–water partition coefficient (Wildman–Crippen LogP) is 10.4. The van der Waals surface area contributed by atoms with E-state index >= 15 is 0 Å². The number of benzene rings is 4. The smallest absolute Gasteiger partial charge is 0.293 e. The molecule has 1 amide bonds. The first kappa shape index (κ1) is 51.5. The third kappa shape index (κ3) is 10.6. The fourth-order valence-corrected chi connectivity index (χ4v) is 13.3. The van der Waals surface area contributed by atoms with Gasteiger partial charge in [0, 0.05) is 87.3 Å². The van der Waals surface area contributed by atoms with Crippen molar-refractivity contribution < 1.29 is 37.1 Å². The van der Waals surface area contributed by atoms with Gasteiger partial charge >= 0.3 is 0 Å². The summed E-state index contributed by atoms with van der Waals surface area (Å²) in [7, 11) is -2.87. The molecular formula is C58H67FN8O8S. The number of pyridine rings is 1. The fraction of sp³-hybridized carbons (Fsp3) is 0.448. The van der Waals surface area contributed by atoms with Crippen LogP contribution in [0.1, 0.15) is 123 Å². The number of halogens is 1. The van der Waals surface area contributed by atoms with Crippen molar-refractivity contribution in [2.75, 3.05) is 56.6 Å². The molecule has 1 atom stereocenters. The topological polar surface area (TPSA) is 195 Å². The highest BCUT2D eigenvalue weighted by Gasteiger charge is 2.55. The van der Waals surface area contributed by atoms with Crippen molar-refractivity contribution in [3.63, 3.8) is 0 Å². The lowest BCUT2D eigenvalue weighted by atomic mass is 9.59. The third-order valence-electron chi connectivity index (χ3n) is 16.8. The number of carbonyl (C=O) groups excluding carboxylic acids is 1. The Labute approximate surface area is 443 Å². The Morgan fingerprint density at radius 2 is 1.75 bits per heavy atom. The van der Waals surface area contributed by atoms with Crippen LogP contribution in [0.25, 0.3) is 11.0 Å². The van der Waals surface area contributed by atoms with Crippen LogP contribution < -0.4 is 24.4 Å². The lowest BCUT2D eigenvalue weighted by Crippen LogP contribution is -2.68. The van der Waals surface area contributed by atoms with Crippen LogP contribution in [-0.2, 0) is 16.6 Å². The third-order valence-corrected chi connectivity index (χ3v) is 18.1. The van der Waals surface area contributed by atoms with Gasteiger partial charge in [0.05, 0.1) is 39.7 Å². The Balaban J connectivity index is 0.792. The Hall–Kier alpha value is -6.60. The standard InChI is InChI=1S/C58H67FN8O8S/c1-36(2)44-7-5-6-8-46(44)52-33-64(32-38-9-14-45(39-10-11-39)53(23-38)74-4)21-22-66(52)41-27-58(28-41)34-65(35-58)40-12-15-47(54(24-40)75-42-25-48-49(59)31-62-55(48)61-30-42)56(68)63-76(72,73)43-13-16-50(51(26-43)67(70)71)60-29-37-17-19-57(3,69)20-18-37/h5-9,12-16,23-26,30-31,36-37,39,41,52,60,69H,10-11,17-22,27-29,32-35H2,1-4H3,(H,61,62)(H,63,68)/t37-,52-,57-/m0/s1. The number of H-pyrrole nitrogens is 1. The quantitative estimate of drug-likeness (QED) is 0.0498. The molecule has 3 aliphatic carbocycles. The SMILES string of the molecule is COc1cc(CN2CCN(C3CC4(C3)CN(c3ccc(C(=O)NS(=O)(=O)c5ccc(NC[C@H]6CC[C@](C)(O)CC6)c([N+](=O)[O-])c5)c(Oc5cnc6[nH]cc(F)c6c5)c3)C4)[C@H](c3ccccc3C(C)C)C2)ccc1C1CC1. The maximum absolute atomic E-state index is 14.7. The summed E-state index contributed by atoms with van der Waals surface area (Å²) in [5, 5.41) is 25.9. The Bertz CT molecular complexity index is 3280. The number of hydrogen-bond donors (Lipinski definition) is 4. The molecule has 0 radical (unpaired) electrons. The second-order valence-corrected chi connectivity index (χ2v) is 24.4. The second kappa shape index (κ2) is 20.4. The van der Waals surface area contributed by atoms with Gasteiger partial charge < -0.3 is 29.8 Å². The van der Waals surface area contributed by atoms with Crippen molar-refractivity contribution in [2.45, 2.75) is 113 Å². The number of fused-ring (bicyclic) bond motifs is 1. The van der Waals surface area contributed by atoms with Crippen LogP contribution in [0.5, 0.6) is 17.2 Å². The molecule has 0 unspecified atom stereocenters. The minimum absolute atomic E-state index is 0.0197. The predicted molar refractivity (Wildman–Crippen MR) is 289 cm³/mol. The first-order valence-electron chi connectivity index (χ1n) is 26.7. The first-order valence-corrected chi connectivity index (χ1v) is 28.2. The van der Waals surface area contributed by atoms with E-state index in [2.05, 4.69) is 91.0 Å². The average Bonchev–Trinajstić information content (AvgIpc) is 4.17. The molecule has 1 spiro atoms. The van der Waals surface area contributed by atoms with Gasteiger partial charge in [-0.25, -0.2) is 22.5 Å². The van der Waals surface area contributed by atoms with Crippen LogP contribution in [0.2, 0.25) is 0 Å². The molecule has 2 aromatic heterocycles. The molecule has 4 heterocycles. The molecule has 400 valence electrons. The van der Waals surface area contributed by atoms with E-state index in [4.69, 9.17) is 9.47 Å². The molecule has 6 aromatic rings. The second-order valence-electron chi connectivity index (χ2n) is 22.7. The highest BCUT2D eigenvalue weighted by Crippen LogP contribution is 2.54. The number of aliphatic hydroxyl groups is 1. The van der Waals surface area contributed by atoms with E-state index < -0.39 is 42.9 Å². The molecule has 76 heavy (non-hydrogen) atoms. The highest BCUT2D eigenvalue weighted by atomic mass is 32.2. The number of methoxy groups -OCH3 is 1. The summed E-state index contributed by atoms with van der Waals surface area (Å²) in [5.74, 6) is 0.761.